The zero-order chi connectivity index (χ0) is 40.9. The number of nitrogens with zero attached hydrogens (tertiary/aromatic N) is 9. The highest BCUT2D eigenvalue weighted by Gasteiger charge is 2.51. The molecule has 0 radical (unpaired) electrons. The molecule has 16 nitrogen and oxygen atoms in total. The fourth-order valence-corrected chi connectivity index (χ4v) is 8.98. The minimum absolute atomic E-state index is 0.223. The van der Waals surface area contributed by atoms with Crippen LogP contribution in [0.25, 0.3) is 17.1 Å². The van der Waals surface area contributed by atoms with Gasteiger partial charge in [-0.15, -0.1) is 0 Å². The van der Waals surface area contributed by atoms with Crippen LogP contribution in [0.2, 0.25) is 0 Å². The molecule has 5 aliphatic rings. The van der Waals surface area contributed by atoms with E-state index in [9.17, 15) is 32.7 Å². The summed E-state index contributed by atoms with van der Waals surface area (Å²) >= 11 is 0. The highest BCUT2D eigenvalue weighted by molar-refractivity contribution is 6.07. The van der Waals surface area contributed by atoms with Crippen LogP contribution in [0.1, 0.15) is 73.1 Å². The molecule has 5 fully saturated rings. The summed E-state index contributed by atoms with van der Waals surface area (Å²) in [6.45, 7) is 4.73. The summed E-state index contributed by atoms with van der Waals surface area (Å²) in [5.41, 5.74) is 1.84. The Kier molecular flexibility index (Phi) is 9.92. The number of phenolic OH excluding ortho intramolecular Hbond substituents is 1. The number of hydrogen-bond acceptors (Lipinski definition) is 12. The molecule has 5 aromatic rings. The molecule has 2 bridgehead atoms. The van der Waals surface area contributed by atoms with Crippen LogP contribution in [0.5, 0.6) is 5.75 Å². The van der Waals surface area contributed by atoms with Crippen molar-refractivity contribution in [3.8, 4) is 17.3 Å². The second-order valence-corrected chi connectivity index (χ2v) is 16.1. The fraction of sp³-hybridized carbons (Fsp3) is 0.450. The quantitative estimate of drug-likeness (QED) is 0.159. The van der Waals surface area contributed by atoms with Crippen LogP contribution in [0.3, 0.4) is 0 Å². The number of pyridine rings is 1. The van der Waals surface area contributed by atoms with Crippen LogP contribution in [0.4, 0.5) is 29.6 Å². The normalized spacial score (nSPS) is 22.3. The largest absolute Gasteiger partial charge is 0.503 e. The molecule has 6 heterocycles. The third-order valence-electron chi connectivity index (χ3n) is 12.7. The maximum absolute atomic E-state index is 14.3. The number of aromatic hydroxyl groups is 1. The van der Waals surface area contributed by atoms with E-state index in [1.54, 1.807) is 27.9 Å². The molecule has 0 spiro atoms. The van der Waals surface area contributed by atoms with E-state index in [-0.39, 0.29) is 29.7 Å². The van der Waals surface area contributed by atoms with E-state index in [4.69, 9.17) is 14.5 Å². The highest BCUT2D eigenvalue weighted by atomic mass is 19.2. The SMILES string of the molecule is O=C1CCN(c2cnn3cc(CCCN4CCN(c5nccc(-c6nc(C78CCC(CNC(=O)c9cc(F)c(O)c(F)c9F)(CC7)CC8)no6)n5)CC4)ccc23)C(=O)N1. The number of carbonyl (C=O) groups excluding carboxylic acids is 3. The van der Waals surface area contributed by atoms with Gasteiger partial charge in [-0.2, -0.15) is 14.5 Å². The average Bonchev–Trinajstić information content (AvgIpc) is 3.93. The lowest BCUT2D eigenvalue weighted by Gasteiger charge is -2.52. The van der Waals surface area contributed by atoms with Gasteiger partial charge in [0.25, 0.3) is 11.8 Å². The van der Waals surface area contributed by atoms with Crippen molar-refractivity contribution in [3.05, 3.63) is 77.3 Å². The molecule has 0 unspecified atom stereocenters. The topological polar surface area (TPSA) is 187 Å². The summed E-state index contributed by atoms with van der Waals surface area (Å²) in [6, 6.07) is 5.86. The summed E-state index contributed by atoms with van der Waals surface area (Å²) in [4.78, 5) is 56.9. The molecule has 308 valence electrons. The molecule has 59 heavy (non-hydrogen) atoms. The Morgan fingerprint density at radius 2 is 1.75 bits per heavy atom. The smallest absolute Gasteiger partial charge is 0.328 e. The van der Waals surface area contributed by atoms with Crippen LogP contribution >= 0.6 is 0 Å². The number of halogens is 3. The molecule has 10 rings (SSSR count). The lowest BCUT2D eigenvalue weighted by Crippen LogP contribution is -2.49. The number of phenols is 1. The monoisotopic (exact) mass is 813 g/mol. The minimum Gasteiger partial charge on any atom is -0.503 e. The van der Waals surface area contributed by atoms with Gasteiger partial charge in [0.05, 0.1) is 23.0 Å². The van der Waals surface area contributed by atoms with Gasteiger partial charge in [0.1, 0.15) is 5.69 Å². The van der Waals surface area contributed by atoms with Crippen LogP contribution < -0.4 is 20.4 Å². The summed E-state index contributed by atoms with van der Waals surface area (Å²) in [6.07, 6.45) is 11.9. The molecule has 3 aliphatic carbocycles. The van der Waals surface area contributed by atoms with E-state index in [0.717, 1.165) is 95.2 Å². The Labute approximate surface area is 335 Å². The fourth-order valence-electron chi connectivity index (χ4n) is 8.98. The number of fused-ring (bicyclic) bond motifs is 4. The lowest BCUT2D eigenvalue weighted by molar-refractivity contribution is -0.120. The number of aromatic nitrogens is 6. The molecule has 0 atom stereocenters. The zero-order valence-corrected chi connectivity index (χ0v) is 32.1. The molecule has 2 aliphatic heterocycles. The van der Waals surface area contributed by atoms with Crippen LogP contribution in [0, 0.1) is 22.9 Å². The van der Waals surface area contributed by atoms with Gasteiger partial charge < -0.3 is 19.8 Å². The Bertz CT molecular complexity index is 2420. The maximum Gasteiger partial charge on any atom is 0.328 e. The number of anilines is 2. The van der Waals surface area contributed by atoms with Gasteiger partial charge in [0, 0.05) is 63.5 Å². The molecule has 2 saturated heterocycles. The number of nitrogens with one attached hydrogen (secondary N) is 2. The van der Waals surface area contributed by atoms with E-state index in [0.29, 0.717) is 41.7 Å². The number of piperazine rings is 1. The third-order valence-corrected chi connectivity index (χ3v) is 12.7. The third kappa shape index (κ3) is 7.31. The van der Waals surface area contributed by atoms with Crippen molar-refractivity contribution in [1.29, 1.82) is 0 Å². The number of urea groups is 1. The first-order valence-corrected chi connectivity index (χ1v) is 19.9. The van der Waals surface area contributed by atoms with Gasteiger partial charge in [0.15, 0.2) is 23.2 Å². The number of aryl methyl sites for hydroxylation is 1. The van der Waals surface area contributed by atoms with Crippen molar-refractivity contribution < 1.29 is 37.2 Å². The lowest BCUT2D eigenvalue weighted by atomic mass is 9.53. The van der Waals surface area contributed by atoms with E-state index in [1.165, 1.54) is 0 Å². The van der Waals surface area contributed by atoms with Crippen molar-refractivity contribution in [2.45, 2.75) is 63.2 Å². The minimum atomic E-state index is -1.79. The molecule has 3 saturated carbocycles. The van der Waals surface area contributed by atoms with E-state index in [2.05, 4.69) is 41.7 Å². The number of benzene rings is 1. The molecule has 1 aromatic carbocycles. The van der Waals surface area contributed by atoms with Gasteiger partial charge >= 0.3 is 6.03 Å². The second-order valence-electron chi connectivity index (χ2n) is 16.1. The van der Waals surface area contributed by atoms with Gasteiger partial charge in [-0.25, -0.2) is 28.1 Å². The van der Waals surface area contributed by atoms with E-state index in [1.807, 2.05) is 12.3 Å². The molecular weight excluding hydrogens is 772 g/mol. The van der Waals surface area contributed by atoms with Crippen molar-refractivity contribution in [1.82, 2.24) is 45.3 Å². The molecule has 19 heteroatoms. The first-order chi connectivity index (χ1) is 28.5. The predicted molar refractivity (Wildman–Crippen MR) is 205 cm³/mol. The summed E-state index contributed by atoms with van der Waals surface area (Å²) in [7, 11) is 0. The first-order valence-electron chi connectivity index (χ1n) is 19.9. The summed E-state index contributed by atoms with van der Waals surface area (Å²) < 4.78 is 49.5. The van der Waals surface area contributed by atoms with Gasteiger partial charge in [-0.1, -0.05) is 11.2 Å². The van der Waals surface area contributed by atoms with Crippen LogP contribution in [-0.2, 0) is 16.6 Å². The zero-order valence-electron chi connectivity index (χ0n) is 32.1. The average molecular weight is 814 g/mol. The Hall–Kier alpha value is -6.11. The summed E-state index contributed by atoms with van der Waals surface area (Å²) in [5.74, 6) is -5.91. The van der Waals surface area contributed by atoms with Crippen LogP contribution in [0.15, 0.2) is 47.4 Å². The Morgan fingerprint density at radius 3 is 2.51 bits per heavy atom. The van der Waals surface area contributed by atoms with Crippen molar-refractivity contribution in [2.75, 3.05) is 55.6 Å². The standard InChI is InChI=1S/C40H42F3N11O5/c41-26-20-25(31(42)32(43)33(26)56)34(57)45-23-39-7-10-40(11-8-39,12-9-39)36-49-35(59-50-36)27-5-13-44-37(47-27)52-18-16-51(17-19-52)14-1-2-24-3-4-28-29(21-46-54(28)22-24)53-15-6-30(55)48-38(53)58/h3-5,13,20-22,56H,1-2,6-12,14-19,23H2,(H,45,57)(H,48,55,58). The molecule has 3 N–H and O–H groups in total. The highest BCUT2D eigenvalue weighted by Crippen LogP contribution is 2.57. The molecular formula is C40H42F3N11O5. The van der Waals surface area contributed by atoms with Crippen molar-refractivity contribution >= 4 is 35.0 Å². The van der Waals surface area contributed by atoms with Gasteiger partial charge in [0.2, 0.25) is 17.7 Å². The summed E-state index contributed by atoms with van der Waals surface area (Å²) in [5, 5.41) is 23.2. The van der Waals surface area contributed by atoms with Crippen molar-refractivity contribution in [3.63, 3.8) is 0 Å². The predicted octanol–water partition coefficient (Wildman–Crippen LogP) is 4.52. The van der Waals surface area contributed by atoms with Gasteiger partial charge in [-0.05, 0) is 87.1 Å². The maximum atomic E-state index is 14.3. The number of rotatable bonds is 11. The van der Waals surface area contributed by atoms with Crippen molar-refractivity contribution in [2.24, 2.45) is 5.41 Å². The molecule has 4 aromatic heterocycles. The van der Waals surface area contributed by atoms with Crippen LogP contribution in [-0.4, -0.2) is 103 Å². The number of imide groups is 1. The van der Waals surface area contributed by atoms with E-state index < -0.39 is 40.7 Å². The first kappa shape index (κ1) is 38.4. The number of carbonyl (C=O) groups is 3. The van der Waals surface area contributed by atoms with Gasteiger partial charge in [-0.3, -0.25) is 24.7 Å². The second kappa shape index (κ2) is 15.2. The Balaban J connectivity index is 0.753. The Morgan fingerprint density at radius 1 is 0.966 bits per heavy atom. The molecule has 4 amide bonds. The number of hydrogen-bond donors (Lipinski definition) is 3. The van der Waals surface area contributed by atoms with E-state index >= 15 is 0 Å². The number of amides is 4.